The van der Waals surface area contributed by atoms with Crippen molar-refractivity contribution in [1.29, 1.82) is 0 Å². The van der Waals surface area contributed by atoms with Crippen molar-refractivity contribution in [2.45, 2.75) is 120 Å². The molecule has 0 aliphatic heterocycles. The van der Waals surface area contributed by atoms with Crippen LogP contribution >= 0.6 is 17.0 Å². The predicted molar refractivity (Wildman–Crippen MR) is 423 cm³/mol. The molecule has 0 N–H and O–H groups in total. The summed E-state index contributed by atoms with van der Waals surface area (Å²) in [6.07, 6.45) is 37.1. The first-order chi connectivity index (χ1) is 46.2. The summed E-state index contributed by atoms with van der Waals surface area (Å²) in [7, 11) is 6.78. The first-order valence-electron chi connectivity index (χ1n) is 35.2. The molecule has 0 fully saturated rings. The molecule has 9 heteroatoms. The second-order valence-electron chi connectivity index (χ2n) is 25.9. The predicted octanol–water partition coefficient (Wildman–Crippen LogP) is 19.0. The van der Waals surface area contributed by atoms with E-state index in [0.717, 1.165) is 52.4 Å². The fourth-order valence-corrected chi connectivity index (χ4v) is 22.8. The van der Waals surface area contributed by atoms with E-state index >= 15 is 0 Å². The fourth-order valence-electron chi connectivity index (χ4n) is 16.2. The van der Waals surface area contributed by atoms with Crippen LogP contribution in [0.2, 0.25) is 13.1 Å². The number of allylic oxidation sites excluding steroid dienone is 12. The normalized spacial score (nSPS) is 17.0. The number of hydrogen-bond donors (Lipinski definition) is 0. The van der Waals surface area contributed by atoms with Crippen LogP contribution in [-0.4, -0.2) is 70.0 Å². The molecule has 4 aliphatic carbocycles. The van der Waals surface area contributed by atoms with Crippen molar-refractivity contribution in [3.63, 3.8) is 0 Å². The molecular formula is C86H100Cl2N4Si2Zr-4. The second-order valence-corrected chi connectivity index (χ2v) is 34.8. The van der Waals surface area contributed by atoms with E-state index in [2.05, 4.69) is 334 Å². The van der Waals surface area contributed by atoms with E-state index in [9.17, 15) is 0 Å². The topological polar surface area (TPSA) is 13.0 Å². The Morgan fingerprint density at radius 1 is 0.316 bits per heavy atom. The molecule has 0 heterocycles. The van der Waals surface area contributed by atoms with Crippen LogP contribution < -0.4 is 40.3 Å². The molecule has 8 aromatic carbocycles. The van der Waals surface area contributed by atoms with Crippen LogP contribution in [0.3, 0.4) is 0 Å². The third kappa shape index (κ3) is 15.1. The third-order valence-electron chi connectivity index (χ3n) is 20.9. The van der Waals surface area contributed by atoms with Gasteiger partial charge >= 0.3 is 37.9 Å². The molecule has 0 aromatic heterocycles. The third-order valence-corrected chi connectivity index (χ3v) is 27.4. The average Bonchev–Trinajstić information content (AvgIpc) is 1.61. The zero-order valence-electron chi connectivity index (χ0n) is 59.0. The molecule has 8 aromatic rings. The van der Waals surface area contributed by atoms with Crippen molar-refractivity contribution >= 4 is 102 Å². The van der Waals surface area contributed by atoms with Crippen molar-refractivity contribution in [2.24, 2.45) is 0 Å². The Balaban J connectivity index is 0.000000199. The quantitative estimate of drug-likeness (QED) is 0.0557. The van der Waals surface area contributed by atoms with Crippen molar-refractivity contribution in [3.8, 4) is 0 Å². The molecule has 4 nitrogen and oxygen atoms in total. The van der Waals surface area contributed by atoms with Gasteiger partial charge in [-0.05, 0) is 150 Å². The molecular weight excluding hydrogens is 1310 g/mol. The van der Waals surface area contributed by atoms with E-state index in [0.29, 0.717) is 0 Å². The molecule has 4 unspecified atom stereocenters. The summed E-state index contributed by atoms with van der Waals surface area (Å²) in [6, 6.07) is 47.1. The number of fused-ring (bicyclic) bond motifs is 4. The number of anilines is 4. The standard InChI is InChI=1S/2C43H50N2Si.2ClH.Zr/c2*1-8-44(9-2)34-24-20-32(21-25-34)36-16-12-14-18-38-40(36)28-30(5)42(38)46(7)43-31(6)29-41-37(17-13-15-19-39(41)43)33-22-26-35(27-23-33)45(10-3)11-4;;;/h2*12-29,36-37,46H,8-11H2,1-7H3;2*1H;/q2*-2;;;+2/p-2. The Morgan fingerprint density at radius 3 is 0.663 bits per heavy atom. The van der Waals surface area contributed by atoms with E-state index < -0.39 is 38.4 Å². The minimum absolute atomic E-state index is 0.259. The van der Waals surface area contributed by atoms with Gasteiger partial charge in [-0.2, -0.15) is 68.8 Å². The SMILES string of the molecule is CCN(CC)c1ccc(C2C=CC=Cc3c2cc(C)[c-]3[SiH](C)[c-]2c(C)cc3c2C=CC=CC3c2ccc(N(CC)CC)cc2)cc1.CCN(CC)c1ccc(C2C=CC=Cc3c2cc(C)[c-]3[SiH](C)[c-]2c(C)cc3c2C=CC=CC3c2ccc(N(CC)CC)cc2)cc1.[Cl][Zr][Cl]. The van der Waals surface area contributed by atoms with Gasteiger partial charge in [0.25, 0.3) is 0 Å². The van der Waals surface area contributed by atoms with Crippen molar-refractivity contribution < 1.29 is 20.8 Å². The summed E-state index contributed by atoms with van der Waals surface area (Å²) in [5.74, 6) is 1.04. The maximum absolute atomic E-state index is 4.93. The van der Waals surface area contributed by atoms with Gasteiger partial charge in [0.2, 0.25) is 0 Å². The fraction of sp³-hybridized carbons (Fsp3) is 0.302. The van der Waals surface area contributed by atoms with Gasteiger partial charge in [0, 0.05) is 92.7 Å². The van der Waals surface area contributed by atoms with Crippen molar-refractivity contribution in [2.75, 3.05) is 72.0 Å². The Kier molecular flexibility index (Phi) is 24.7. The monoisotopic (exact) mass is 1400 g/mol. The molecule has 0 spiro atoms. The molecule has 0 saturated heterocycles. The van der Waals surface area contributed by atoms with E-state index in [4.69, 9.17) is 17.0 Å². The van der Waals surface area contributed by atoms with Crippen LogP contribution in [0.1, 0.15) is 168 Å². The van der Waals surface area contributed by atoms with Gasteiger partial charge in [-0.15, -0.1) is 91.6 Å². The van der Waals surface area contributed by atoms with Gasteiger partial charge < -0.3 is 19.6 Å². The van der Waals surface area contributed by atoms with Gasteiger partial charge in [0.05, 0.1) is 0 Å². The zero-order chi connectivity index (χ0) is 67.4. The summed E-state index contributed by atoms with van der Waals surface area (Å²) in [5.41, 5.74) is 28.1. The number of hydrogen-bond acceptors (Lipinski definition) is 4. The number of nitrogens with zero attached hydrogens (tertiary/aromatic N) is 4. The summed E-state index contributed by atoms with van der Waals surface area (Å²) in [6.45, 7) is 40.6. The molecule has 0 radical (unpaired) electrons. The molecule has 494 valence electrons. The number of aryl methyl sites for hydroxylation is 4. The van der Waals surface area contributed by atoms with E-state index in [1.54, 1.807) is 20.7 Å². The molecule has 4 atom stereocenters. The minimum atomic E-state index is -1.54. The molecule has 12 rings (SSSR count). The van der Waals surface area contributed by atoms with E-state index in [1.165, 1.54) is 112 Å². The summed E-state index contributed by atoms with van der Waals surface area (Å²) in [5, 5.41) is 6.40. The van der Waals surface area contributed by atoms with E-state index in [1.807, 2.05) is 0 Å². The van der Waals surface area contributed by atoms with Gasteiger partial charge in [-0.25, -0.2) is 0 Å². The second kappa shape index (κ2) is 33.0. The molecule has 0 bridgehead atoms. The average molecular weight is 1410 g/mol. The number of halogens is 2. The van der Waals surface area contributed by atoms with Gasteiger partial charge in [0.15, 0.2) is 0 Å². The van der Waals surface area contributed by atoms with Gasteiger partial charge in [-0.3, -0.25) is 0 Å². The Bertz CT molecular complexity index is 3570. The van der Waals surface area contributed by atoms with Crippen LogP contribution in [0, 0.1) is 27.7 Å². The van der Waals surface area contributed by atoms with Crippen LogP contribution in [0.4, 0.5) is 22.7 Å². The van der Waals surface area contributed by atoms with Crippen LogP contribution in [0.25, 0.3) is 24.3 Å². The Hall–Kier alpha value is -6.70. The Labute approximate surface area is 593 Å². The van der Waals surface area contributed by atoms with Crippen LogP contribution in [0.5, 0.6) is 0 Å². The molecule has 95 heavy (non-hydrogen) atoms. The molecule has 0 saturated carbocycles. The van der Waals surface area contributed by atoms with Gasteiger partial charge in [0.1, 0.15) is 0 Å². The van der Waals surface area contributed by atoms with Crippen molar-refractivity contribution in [3.05, 3.63) is 283 Å². The molecule has 4 aliphatic rings. The van der Waals surface area contributed by atoms with Crippen LogP contribution in [0.15, 0.2) is 194 Å². The Morgan fingerprint density at radius 2 is 0.495 bits per heavy atom. The summed E-state index contributed by atoms with van der Waals surface area (Å²) in [4.78, 5) is 9.66. The number of benzene rings is 4. The summed E-state index contributed by atoms with van der Waals surface area (Å²) < 4.78 is 0. The van der Waals surface area contributed by atoms with Gasteiger partial charge in [-0.1, -0.05) is 138 Å². The zero-order valence-corrected chi connectivity index (χ0v) is 65.2. The first kappa shape index (κ1) is 71.1. The van der Waals surface area contributed by atoms with Crippen molar-refractivity contribution in [1.82, 2.24) is 0 Å². The first-order valence-corrected chi connectivity index (χ1v) is 46.1. The van der Waals surface area contributed by atoms with Crippen LogP contribution in [-0.2, 0) is 20.8 Å². The summed E-state index contributed by atoms with van der Waals surface area (Å²) >= 11 is -0.826. The van der Waals surface area contributed by atoms with E-state index in [-0.39, 0.29) is 23.7 Å². The molecule has 0 amide bonds. The maximum atomic E-state index is 4.93. The number of rotatable bonds is 20.